The van der Waals surface area contributed by atoms with Gasteiger partial charge in [-0.05, 0) is 0 Å². The van der Waals surface area contributed by atoms with Crippen molar-refractivity contribution >= 4 is 11.5 Å². The molecule has 1 radical (unpaired) electrons. The molecule has 1 heterocycles. The standard InChI is InChI=1S/C10H12N2O4.Y/c1-15-5-8(10(14)16-2)7-3-11-6-12-9(7)4-13;/h3,5-6,13H,4H2,1-2H3;/b8-5-;. The summed E-state index contributed by atoms with van der Waals surface area (Å²) < 4.78 is 9.38. The minimum Gasteiger partial charge on any atom is -0.503 e. The van der Waals surface area contributed by atoms with Crippen molar-refractivity contribution in [2.45, 2.75) is 6.61 Å². The number of ether oxygens (including phenoxy) is 2. The maximum Gasteiger partial charge on any atom is 0.341 e. The third-order valence-electron chi connectivity index (χ3n) is 1.88. The molecule has 0 atom stereocenters. The molecule has 17 heavy (non-hydrogen) atoms. The first-order valence-electron chi connectivity index (χ1n) is 4.46. The molecule has 0 saturated carbocycles. The quantitative estimate of drug-likeness (QED) is 0.483. The molecule has 89 valence electrons. The van der Waals surface area contributed by atoms with E-state index >= 15 is 0 Å². The van der Waals surface area contributed by atoms with Crippen LogP contribution in [0.25, 0.3) is 5.57 Å². The second kappa shape index (κ2) is 8.27. The molecule has 6 nitrogen and oxygen atoms in total. The molecule has 0 aliphatic rings. The Kier molecular flexibility index (Phi) is 7.86. The maximum atomic E-state index is 11.5. The van der Waals surface area contributed by atoms with Gasteiger partial charge < -0.3 is 14.6 Å². The van der Waals surface area contributed by atoms with Crippen molar-refractivity contribution in [3.05, 3.63) is 30.0 Å². The van der Waals surface area contributed by atoms with Crippen LogP contribution < -0.4 is 0 Å². The molecule has 7 heteroatoms. The number of esters is 1. The van der Waals surface area contributed by atoms with Crippen molar-refractivity contribution in [2.75, 3.05) is 14.2 Å². The van der Waals surface area contributed by atoms with E-state index in [0.717, 1.165) is 0 Å². The van der Waals surface area contributed by atoms with Crippen LogP contribution in [0.15, 0.2) is 18.8 Å². The summed E-state index contributed by atoms with van der Waals surface area (Å²) in [7, 11) is 2.67. The summed E-state index contributed by atoms with van der Waals surface area (Å²) in [6.45, 7) is -0.296. The fraction of sp³-hybridized carbons (Fsp3) is 0.300. The number of aromatic nitrogens is 2. The average Bonchev–Trinajstić information content (AvgIpc) is 2.35. The van der Waals surface area contributed by atoms with E-state index in [0.29, 0.717) is 11.3 Å². The minimum absolute atomic E-state index is 0. The molecular formula is C10H12N2O4Y. The van der Waals surface area contributed by atoms with E-state index in [4.69, 9.17) is 9.84 Å². The van der Waals surface area contributed by atoms with Crippen LogP contribution in [0.1, 0.15) is 11.3 Å². The molecular weight excluding hydrogens is 301 g/mol. The van der Waals surface area contributed by atoms with Crippen molar-refractivity contribution in [3.63, 3.8) is 0 Å². The molecule has 0 aromatic carbocycles. The van der Waals surface area contributed by atoms with Gasteiger partial charge in [-0.1, -0.05) is 0 Å². The third-order valence-corrected chi connectivity index (χ3v) is 1.88. The summed E-state index contributed by atoms with van der Waals surface area (Å²) in [6, 6.07) is 0. The fourth-order valence-corrected chi connectivity index (χ4v) is 1.16. The summed E-state index contributed by atoms with van der Waals surface area (Å²) in [6.07, 6.45) is 3.93. The molecule has 0 amide bonds. The molecule has 1 rings (SSSR count). The molecule has 0 aliphatic heterocycles. The van der Waals surface area contributed by atoms with Crippen LogP contribution in [0, 0.1) is 0 Å². The van der Waals surface area contributed by atoms with Crippen LogP contribution in [-0.4, -0.2) is 35.3 Å². The molecule has 0 bridgehead atoms. The normalized spacial score (nSPS) is 10.4. The molecule has 0 unspecified atom stereocenters. The van der Waals surface area contributed by atoms with Crippen molar-refractivity contribution < 1.29 is 52.1 Å². The van der Waals surface area contributed by atoms with Crippen LogP contribution in [0.2, 0.25) is 0 Å². The molecule has 0 saturated heterocycles. The molecule has 0 fully saturated rings. The number of aliphatic hydroxyl groups is 1. The summed E-state index contributed by atoms with van der Waals surface area (Å²) in [5.41, 5.74) is 0.886. The first-order chi connectivity index (χ1) is 7.74. The Morgan fingerprint density at radius 2 is 2.24 bits per heavy atom. The van der Waals surface area contributed by atoms with Gasteiger partial charge >= 0.3 is 5.97 Å². The second-order valence-electron chi connectivity index (χ2n) is 2.80. The summed E-state index contributed by atoms with van der Waals surface area (Å²) in [5.74, 6) is -0.577. The predicted molar refractivity (Wildman–Crippen MR) is 55.0 cm³/mol. The van der Waals surface area contributed by atoms with E-state index in [9.17, 15) is 4.79 Å². The maximum absolute atomic E-state index is 11.5. The van der Waals surface area contributed by atoms with Gasteiger partial charge in [0.1, 0.15) is 11.9 Å². The summed E-state index contributed by atoms with van der Waals surface area (Å²) >= 11 is 0. The number of carbonyl (C=O) groups excluding carboxylic acids is 1. The van der Waals surface area contributed by atoms with Crippen LogP contribution in [-0.2, 0) is 53.6 Å². The van der Waals surface area contributed by atoms with E-state index in [1.807, 2.05) is 0 Å². The van der Waals surface area contributed by atoms with Gasteiger partial charge in [0.15, 0.2) is 0 Å². The van der Waals surface area contributed by atoms with Crippen LogP contribution in [0.5, 0.6) is 0 Å². The number of nitrogens with zero attached hydrogens (tertiary/aromatic N) is 2. The van der Waals surface area contributed by atoms with E-state index < -0.39 is 5.97 Å². The van der Waals surface area contributed by atoms with Gasteiger partial charge in [-0.3, -0.25) is 0 Å². The van der Waals surface area contributed by atoms with Gasteiger partial charge in [-0.15, -0.1) is 0 Å². The number of methoxy groups -OCH3 is 2. The molecule has 1 N–H and O–H groups in total. The number of rotatable bonds is 4. The Bertz CT molecular complexity index is 409. The second-order valence-corrected chi connectivity index (χ2v) is 2.80. The van der Waals surface area contributed by atoms with E-state index in [2.05, 4.69) is 14.7 Å². The fourth-order valence-electron chi connectivity index (χ4n) is 1.16. The zero-order valence-electron chi connectivity index (χ0n) is 9.58. The van der Waals surface area contributed by atoms with E-state index in [1.54, 1.807) is 0 Å². The Labute approximate surface area is 124 Å². The van der Waals surface area contributed by atoms with E-state index in [-0.39, 0.29) is 44.9 Å². The van der Waals surface area contributed by atoms with E-state index in [1.165, 1.54) is 33.0 Å². The topological polar surface area (TPSA) is 81.5 Å². The average molecular weight is 313 g/mol. The van der Waals surface area contributed by atoms with Crippen molar-refractivity contribution in [1.82, 2.24) is 9.97 Å². The van der Waals surface area contributed by atoms with Crippen molar-refractivity contribution in [2.24, 2.45) is 0 Å². The zero-order valence-corrected chi connectivity index (χ0v) is 12.4. The third kappa shape index (κ3) is 4.14. The smallest absolute Gasteiger partial charge is 0.341 e. The largest absolute Gasteiger partial charge is 0.503 e. The minimum atomic E-state index is -0.577. The van der Waals surface area contributed by atoms with Crippen LogP contribution >= 0.6 is 0 Å². The number of aliphatic hydroxyl groups excluding tert-OH is 1. The first-order valence-corrected chi connectivity index (χ1v) is 4.46. The zero-order chi connectivity index (χ0) is 12.0. The number of hydrogen-bond acceptors (Lipinski definition) is 6. The van der Waals surface area contributed by atoms with Crippen LogP contribution in [0.3, 0.4) is 0 Å². The Morgan fingerprint density at radius 1 is 1.53 bits per heavy atom. The SMILES string of the molecule is CO/C=C(\C(=O)OC)c1cncnc1CO.[Y]. The molecule has 1 aromatic heterocycles. The summed E-state index contributed by atoms with van der Waals surface area (Å²) in [4.78, 5) is 19.1. The van der Waals surface area contributed by atoms with Gasteiger partial charge in [-0.2, -0.15) is 0 Å². The summed E-state index contributed by atoms with van der Waals surface area (Å²) in [5, 5.41) is 9.08. The van der Waals surface area contributed by atoms with Crippen molar-refractivity contribution in [3.8, 4) is 0 Å². The van der Waals surface area contributed by atoms with Gasteiger partial charge in [-0.25, -0.2) is 14.8 Å². The van der Waals surface area contributed by atoms with Gasteiger partial charge in [0.2, 0.25) is 0 Å². The Morgan fingerprint density at radius 3 is 2.76 bits per heavy atom. The number of carbonyl (C=O) groups is 1. The Hall–Kier alpha value is -0.846. The first kappa shape index (κ1) is 16.2. The van der Waals surface area contributed by atoms with Gasteiger partial charge in [0, 0.05) is 44.5 Å². The Balaban J connectivity index is 0.00000256. The molecule has 1 aromatic rings. The van der Waals surface area contributed by atoms with Crippen LogP contribution in [0.4, 0.5) is 0 Å². The molecule has 0 aliphatic carbocycles. The van der Waals surface area contributed by atoms with Gasteiger partial charge in [0.25, 0.3) is 0 Å². The molecule has 0 spiro atoms. The predicted octanol–water partition coefficient (Wildman–Crippen LogP) is 0.127. The monoisotopic (exact) mass is 313 g/mol. The van der Waals surface area contributed by atoms with Crippen molar-refractivity contribution in [1.29, 1.82) is 0 Å². The number of hydrogen-bond donors (Lipinski definition) is 1. The van der Waals surface area contributed by atoms with Gasteiger partial charge in [0.05, 0.1) is 32.8 Å².